The third-order valence-corrected chi connectivity index (χ3v) is 8.64. The van der Waals surface area contributed by atoms with E-state index in [-0.39, 0.29) is 30.8 Å². The third kappa shape index (κ3) is 5.74. The number of nitrogens with zero attached hydrogens (tertiary/aromatic N) is 6. The number of allylic oxidation sites excluding steroid dienone is 1. The number of hydrogen-bond donors (Lipinski definition) is 4. The highest BCUT2D eigenvalue weighted by Gasteiger charge is 2.40. The summed E-state index contributed by atoms with van der Waals surface area (Å²) in [5, 5.41) is 17.1. The molecular formula is C33H32N10O3. The van der Waals surface area contributed by atoms with Crippen LogP contribution in [0.2, 0.25) is 0 Å². The minimum Gasteiger partial charge on any atom is -0.387 e. The van der Waals surface area contributed by atoms with E-state index >= 15 is 0 Å². The predicted octanol–water partition coefficient (Wildman–Crippen LogP) is 3.17. The van der Waals surface area contributed by atoms with Crippen LogP contribution >= 0.6 is 0 Å². The van der Waals surface area contributed by atoms with Crippen molar-refractivity contribution in [3.8, 4) is 0 Å². The molecule has 0 radical (unpaired) electrons. The highest BCUT2D eigenvalue weighted by Crippen LogP contribution is 2.33. The van der Waals surface area contributed by atoms with E-state index in [0.29, 0.717) is 35.0 Å². The number of fused-ring (bicyclic) bond motifs is 2. The number of imide groups is 1. The largest absolute Gasteiger partial charge is 0.387 e. The average Bonchev–Trinajstić information content (AvgIpc) is 3.42. The fourth-order valence-corrected chi connectivity index (χ4v) is 6.15. The number of amides is 3. The van der Waals surface area contributed by atoms with Gasteiger partial charge in [-0.15, -0.1) is 0 Å². The third-order valence-electron chi connectivity index (χ3n) is 8.64. The molecule has 7 rings (SSSR count). The lowest BCUT2D eigenvalue weighted by atomic mass is 10.0. The average molecular weight is 617 g/mol. The number of rotatable bonds is 8. The van der Waals surface area contributed by atoms with Gasteiger partial charge in [0.15, 0.2) is 0 Å². The van der Waals surface area contributed by atoms with Crippen LogP contribution in [0.15, 0.2) is 67.1 Å². The maximum absolute atomic E-state index is 13.2. The molecular weight excluding hydrogens is 584 g/mol. The van der Waals surface area contributed by atoms with Crippen molar-refractivity contribution in [1.29, 1.82) is 5.41 Å². The SMILES string of the molecule is N=C/C(=C\NC1CCN(c2nccc(Nc3cccc4c3CN(C3CCC(=O)NC3=O)C4=O)n2)CC1)c1cnc2ccccc2n1. The molecule has 2 aromatic carbocycles. The van der Waals surface area contributed by atoms with Crippen LogP contribution in [0.3, 0.4) is 0 Å². The minimum absolute atomic E-state index is 0.209. The summed E-state index contributed by atoms with van der Waals surface area (Å²) in [6, 6.07) is 14.4. The molecule has 232 valence electrons. The maximum atomic E-state index is 13.2. The molecule has 1 unspecified atom stereocenters. The van der Waals surface area contributed by atoms with Crippen LogP contribution in [0.25, 0.3) is 16.6 Å². The van der Waals surface area contributed by atoms with Gasteiger partial charge in [-0.25, -0.2) is 9.97 Å². The van der Waals surface area contributed by atoms with Gasteiger partial charge in [-0.1, -0.05) is 18.2 Å². The van der Waals surface area contributed by atoms with Crippen LogP contribution in [0.4, 0.5) is 17.5 Å². The van der Waals surface area contributed by atoms with Crippen molar-refractivity contribution < 1.29 is 14.4 Å². The number of anilines is 3. The number of aromatic nitrogens is 4. The van der Waals surface area contributed by atoms with E-state index in [1.807, 2.05) is 36.5 Å². The summed E-state index contributed by atoms with van der Waals surface area (Å²) in [6.07, 6.45) is 8.78. The van der Waals surface area contributed by atoms with Gasteiger partial charge < -0.3 is 25.8 Å². The normalized spacial score (nSPS) is 18.8. The topological polar surface area (TPSA) is 169 Å². The zero-order valence-electron chi connectivity index (χ0n) is 24.9. The van der Waals surface area contributed by atoms with Crippen LogP contribution in [-0.2, 0) is 16.1 Å². The standard InChI is InChI=1S/C33H32N10O3/c34-16-20(27-18-37-25-5-1-2-6-26(25)38-27)17-36-21-11-14-42(15-12-21)33-35-13-10-29(40-33)39-24-7-3-4-22-23(24)19-43(32(22)46)28-8-9-30(44)41-31(28)45/h1-7,10,13,16-18,21,28,34,36H,8-9,11-12,14-15,19H2,(H,35,39,40)(H,41,44,45)/b20-17+,34-16?. The first-order valence-electron chi connectivity index (χ1n) is 15.3. The molecule has 3 aliphatic rings. The van der Waals surface area contributed by atoms with Crippen molar-refractivity contribution in [1.82, 2.24) is 35.5 Å². The lowest BCUT2D eigenvalue weighted by Crippen LogP contribution is -2.52. The molecule has 4 aromatic rings. The molecule has 2 saturated heterocycles. The second kappa shape index (κ2) is 12.3. The summed E-state index contributed by atoms with van der Waals surface area (Å²) in [7, 11) is 0. The smallest absolute Gasteiger partial charge is 0.255 e. The number of piperidine rings is 2. The molecule has 3 aliphatic heterocycles. The first-order valence-corrected chi connectivity index (χ1v) is 15.3. The van der Waals surface area contributed by atoms with Crippen molar-refractivity contribution in [2.75, 3.05) is 23.3 Å². The van der Waals surface area contributed by atoms with Gasteiger partial charge >= 0.3 is 0 Å². The quantitative estimate of drug-likeness (QED) is 0.170. The Balaban J connectivity index is 0.986. The molecule has 4 N–H and O–H groups in total. The summed E-state index contributed by atoms with van der Waals surface area (Å²) in [5.74, 6) is 0.242. The highest BCUT2D eigenvalue weighted by molar-refractivity contribution is 6.08. The first-order chi connectivity index (χ1) is 22.5. The number of para-hydroxylation sites is 2. The molecule has 0 aliphatic carbocycles. The van der Waals surface area contributed by atoms with Crippen molar-refractivity contribution in [2.24, 2.45) is 0 Å². The van der Waals surface area contributed by atoms with Crippen LogP contribution in [0.5, 0.6) is 0 Å². The molecule has 0 spiro atoms. The summed E-state index contributed by atoms with van der Waals surface area (Å²) in [6.45, 7) is 1.77. The second-order valence-corrected chi connectivity index (χ2v) is 11.5. The van der Waals surface area contributed by atoms with E-state index in [2.05, 4.69) is 35.8 Å². The zero-order valence-corrected chi connectivity index (χ0v) is 24.9. The number of carbonyl (C=O) groups excluding carboxylic acids is 3. The van der Waals surface area contributed by atoms with Crippen molar-refractivity contribution in [3.05, 3.63) is 83.9 Å². The minimum atomic E-state index is -0.673. The van der Waals surface area contributed by atoms with E-state index in [0.717, 1.165) is 48.2 Å². The Bertz CT molecular complexity index is 1880. The van der Waals surface area contributed by atoms with E-state index in [1.54, 1.807) is 30.6 Å². The Labute approximate surface area is 264 Å². The molecule has 3 amide bonds. The Morgan fingerprint density at radius 2 is 1.78 bits per heavy atom. The zero-order chi connectivity index (χ0) is 31.6. The molecule has 2 aromatic heterocycles. The number of nitrogens with one attached hydrogen (secondary N) is 4. The van der Waals surface area contributed by atoms with Crippen LogP contribution in [0, 0.1) is 5.41 Å². The first kappa shape index (κ1) is 29.0. The highest BCUT2D eigenvalue weighted by atomic mass is 16.2. The van der Waals surface area contributed by atoms with Gasteiger partial charge in [-0.3, -0.25) is 24.7 Å². The van der Waals surface area contributed by atoms with Crippen LogP contribution in [-0.4, -0.2) is 73.9 Å². The molecule has 1 atom stereocenters. The van der Waals surface area contributed by atoms with E-state index in [1.165, 1.54) is 11.1 Å². The number of benzene rings is 2. The molecule has 13 nitrogen and oxygen atoms in total. The summed E-state index contributed by atoms with van der Waals surface area (Å²) in [4.78, 5) is 59.4. The van der Waals surface area contributed by atoms with Gasteiger partial charge in [-0.05, 0) is 49.6 Å². The lowest BCUT2D eigenvalue weighted by molar-refractivity contribution is -0.136. The summed E-state index contributed by atoms with van der Waals surface area (Å²) in [5.41, 5.74) is 4.97. The van der Waals surface area contributed by atoms with E-state index in [9.17, 15) is 14.4 Å². The Morgan fingerprint density at radius 1 is 0.957 bits per heavy atom. The maximum Gasteiger partial charge on any atom is 0.255 e. The second-order valence-electron chi connectivity index (χ2n) is 11.5. The Kier molecular flexibility index (Phi) is 7.79. The molecule has 0 bridgehead atoms. The summed E-state index contributed by atoms with van der Waals surface area (Å²) < 4.78 is 0. The van der Waals surface area contributed by atoms with Gasteiger partial charge in [0.25, 0.3) is 5.91 Å². The lowest BCUT2D eigenvalue weighted by Gasteiger charge is -2.32. The fraction of sp³-hybridized carbons (Fsp3) is 0.273. The van der Waals surface area contributed by atoms with Crippen molar-refractivity contribution in [3.63, 3.8) is 0 Å². The van der Waals surface area contributed by atoms with E-state index in [4.69, 9.17) is 10.4 Å². The number of carbonyl (C=O) groups is 3. The van der Waals surface area contributed by atoms with E-state index < -0.39 is 11.9 Å². The molecule has 0 saturated carbocycles. The molecule has 46 heavy (non-hydrogen) atoms. The summed E-state index contributed by atoms with van der Waals surface area (Å²) >= 11 is 0. The predicted molar refractivity (Wildman–Crippen MR) is 172 cm³/mol. The Hall–Kier alpha value is -5.72. The van der Waals surface area contributed by atoms with Crippen molar-refractivity contribution >= 4 is 58.0 Å². The number of hydrogen-bond acceptors (Lipinski definition) is 11. The molecule has 13 heteroatoms. The monoisotopic (exact) mass is 616 g/mol. The van der Waals surface area contributed by atoms with Crippen LogP contribution < -0.4 is 20.9 Å². The van der Waals surface area contributed by atoms with Gasteiger partial charge in [0.05, 0.1) is 22.9 Å². The Morgan fingerprint density at radius 3 is 2.59 bits per heavy atom. The molecule has 2 fully saturated rings. The van der Waals surface area contributed by atoms with Gasteiger partial charge in [0, 0.05) is 73.1 Å². The van der Waals surface area contributed by atoms with Gasteiger partial charge in [0.1, 0.15) is 11.9 Å². The van der Waals surface area contributed by atoms with Crippen molar-refractivity contribution in [2.45, 2.75) is 44.3 Å². The fourth-order valence-electron chi connectivity index (χ4n) is 6.15. The van der Waals surface area contributed by atoms with Gasteiger partial charge in [0.2, 0.25) is 17.8 Å². The molecule has 5 heterocycles. The van der Waals surface area contributed by atoms with Gasteiger partial charge in [-0.2, -0.15) is 4.98 Å². The van der Waals surface area contributed by atoms with Crippen LogP contribution in [0.1, 0.15) is 47.3 Å².